The maximum atomic E-state index is 14.0. The average molecular weight is 418 g/mol. The molecule has 2 aliphatic rings. The smallest absolute Gasteiger partial charge is 0.238 e. The van der Waals surface area contributed by atoms with E-state index < -0.39 is 5.41 Å². The van der Waals surface area contributed by atoms with Crippen LogP contribution in [0.2, 0.25) is 0 Å². The molecule has 1 amide bonds. The molecule has 0 saturated carbocycles. The number of aryl methyl sites for hydroxylation is 1. The highest BCUT2D eigenvalue weighted by molar-refractivity contribution is 6.08. The van der Waals surface area contributed by atoms with E-state index in [1.165, 1.54) is 0 Å². The fourth-order valence-electron chi connectivity index (χ4n) is 5.19. The van der Waals surface area contributed by atoms with Crippen LogP contribution in [0.1, 0.15) is 42.6 Å². The molecule has 0 aliphatic carbocycles. The van der Waals surface area contributed by atoms with Gasteiger partial charge in [-0.2, -0.15) is 0 Å². The van der Waals surface area contributed by atoms with Gasteiger partial charge in [-0.05, 0) is 49.1 Å². The van der Waals surface area contributed by atoms with Crippen molar-refractivity contribution in [3.8, 4) is 5.75 Å². The van der Waals surface area contributed by atoms with Crippen LogP contribution in [0.5, 0.6) is 5.75 Å². The summed E-state index contributed by atoms with van der Waals surface area (Å²) in [6, 6.07) is 16.3. The highest BCUT2D eigenvalue weighted by atomic mass is 16.5. The summed E-state index contributed by atoms with van der Waals surface area (Å²) >= 11 is 0. The molecule has 160 valence electrons. The quantitative estimate of drug-likeness (QED) is 0.706. The number of methoxy groups -OCH3 is 1. The molecule has 5 rings (SSSR count). The van der Waals surface area contributed by atoms with Gasteiger partial charge in [0, 0.05) is 25.0 Å². The van der Waals surface area contributed by atoms with Crippen molar-refractivity contribution in [2.24, 2.45) is 7.05 Å². The first-order valence-electron chi connectivity index (χ1n) is 10.7. The van der Waals surface area contributed by atoms with Gasteiger partial charge in [0.15, 0.2) is 0 Å². The number of nitrogens with zero attached hydrogens (tertiary/aromatic N) is 4. The highest BCUT2D eigenvalue weighted by Gasteiger charge is 2.54. The van der Waals surface area contributed by atoms with Crippen molar-refractivity contribution in [1.29, 1.82) is 0 Å². The molecule has 31 heavy (non-hydrogen) atoms. The van der Waals surface area contributed by atoms with Gasteiger partial charge in [0.1, 0.15) is 5.75 Å². The van der Waals surface area contributed by atoms with Crippen molar-refractivity contribution in [2.75, 3.05) is 12.0 Å². The lowest BCUT2D eigenvalue weighted by atomic mass is 9.69. The molecule has 7 heteroatoms. The molecule has 2 aliphatic heterocycles. The standard InChI is InChI=1S/C24H27N5O2/c1-16-12-24(13-20(25-16)21-15-28(2)27-26-21)19-6-4-5-7-22(19)29(23(24)30)14-17-8-10-18(31-3)11-9-17/h4-11,15-16,20,25H,12-14H2,1-3H3. The Kier molecular flexibility index (Phi) is 4.78. The SMILES string of the molecule is COc1ccc(CN2C(=O)C3(CC(C)NC(c4cn(C)nn4)C3)c3ccccc32)cc1. The summed E-state index contributed by atoms with van der Waals surface area (Å²) in [5.41, 5.74) is 3.53. The molecule has 1 fully saturated rings. The molecule has 7 nitrogen and oxygen atoms in total. The van der Waals surface area contributed by atoms with Crippen LogP contribution in [-0.2, 0) is 23.8 Å². The number of aromatic nitrogens is 3. The molecule has 3 atom stereocenters. The molecule has 1 saturated heterocycles. The van der Waals surface area contributed by atoms with Crippen molar-refractivity contribution in [3.05, 3.63) is 71.5 Å². The van der Waals surface area contributed by atoms with Gasteiger partial charge in [-0.3, -0.25) is 9.48 Å². The Hall–Kier alpha value is -3.19. The normalized spacial score (nSPS) is 25.1. The Morgan fingerprint density at radius 3 is 2.65 bits per heavy atom. The fourth-order valence-corrected chi connectivity index (χ4v) is 5.19. The fraction of sp³-hybridized carbons (Fsp3) is 0.375. The second-order valence-electron chi connectivity index (χ2n) is 8.68. The number of carbonyl (C=O) groups is 1. The Morgan fingerprint density at radius 2 is 1.94 bits per heavy atom. The molecule has 3 unspecified atom stereocenters. The number of ether oxygens (including phenoxy) is 1. The van der Waals surface area contributed by atoms with Crippen molar-refractivity contribution >= 4 is 11.6 Å². The van der Waals surface area contributed by atoms with Gasteiger partial charge < -0.3 is 15.0 Å². The number of nitrogens with one attached hydrogen (secondary N) is 1. The van der Waals surface area contributed by atoms with E-state index in [4.69, 9.17) is 4.74 Å². The van der Waals surface area contributed by atoms with Gasteiger partial charge in [0.05, 0.1) is 30.8 Å². The monoisotopic (exact) mass is 417 g/mol. The number of fused-ring (bicyclic) bond motifs is 2. The van der Waals surface area contributed by atoms with E-state index in [0.717, 1.165) is 34.7 Å². The van der Waals surface area contributed by atoms with E-state index >= 15 is 0 Å². The summed E-state index contributed by atoms with van der Waals surface area (Å²) in [4.78, 5) is 16.0. The van der Waals surface area contributed by atoms with Gasteiger partial charge in [0.25, 0.3) is 0 Å². The highest BCUT2D eigenvalue weighted by Crippen LogP contribution is 2.51. The Bertz CT molecular complexity index is 1110. The van der Waals surface area contributed by atoms with Gasteiger partial charge in [-0.15, -0.1) is 5.10 Å². The summed E-state index contributed by atoms with van der Waals surface area (Å²) < 4.78 is 6.99. The Balaban J connectivity index is 1.52. The Morgan fingerprint density at radius 1 is 1.16 bits per heavy atom. The zero-order valence-electron chi connectivity index (χ0n) is 18.1. The van der Waals surface area contributed by atoms with Crippen molar-refractivity contribution in [1.82, 2.24) is 20.3 Å². The van der Waals surface area contributed by atoms with Crippen LogP contribution in [0, 0.1) is 0 Å². The predicted octanol–water partition coefficient (Wildman–Crippen LogP) is 3.12. The van der Waals surface area contributed by atoms with E-state index in [1.807, 2.05) is 54.5 Å². The number of piperidine rings is 1. The molecular formula is C24H27N5O2. The summed E-state index contributed by atoms with van der Waals surface area (Å²) in [7, 11) is 3.52. The minimum absolute atomic E-state index is 0.0182. The van der Waals surface area contributed by atoms with Crippen LogP contribution < -0.4 is 15.0 Å². The van der Waals surface area contributed by atoms with E-state index in [1.54, 1.807) is 11.8 Å². The second-order valence-corrected chi connectivity index (χ2v) is 8.68. The van der Waals surface area contributed by atoms with Gasteiger partial charge >= 0.3 is 0 Å². The number of carbonyl (C=O) groups excluding carboxylic acids is 1. The lowest BCUT2D eigenvalue weighted by molar-refractivity contribution is -0.125. The van der Waals surface area contributed by atoms with E-state index in [-0.39, 0.29) is 18.0 Å². The molecule has 1 aromatic heterocycles. The molecule has 1 N–H and O–H groups in total. The van der Waals surface area contributed by atoms with Crippen LogP contribution in [0.25, 0.3) is 0 Å². The molecule has 3 heterocycles. The van der Waals surface area contributed by atoms with E-state index in [9.17, 15) is 4.79 Å². The van der Waals surface area contributed by atoms with Crippen molar-refractivity contribution in [3.63, 3.8) is 0 Å². The number of para-hydroxylation sites is 1. The summed E-state index contributed by atoms with van der Waals surface area (Å²) in [6.45, 7) is 2.69. The van der Waals surface area contributed by atoms with Crippen molar-refractivity contribution < 1.29 is 9.53 Å². The van der Waals surface area contributed by atoms with Crippen LogP contribution in [0.3, 0.4) is 0 Å². The van der Waals surface area contributed by atoms with Crippen LogP contribution in [-0.4, -0.2) is 34.1 Å². The zero-order chi connectivity index (χ0) is 21.6. The zero-order valence-corrected chi connectivity index (χ0v) is 18.1. The third kappa shape index (κ3) is 3.29. The third-order valence-electron chi connectivity index (χ3n) is 6.54. The number of hydrogen-bond acceptors (Lipinski definition) is 5. The molecule has 0 bridgehead atoms. The number of hydrogen-bond donors (Lipinski definition) is 1. The topological polar surface area (TPSA) is 72.3 Å². The van der Waals surface area contributed by atoms with E-state index in [0.29, 0.717) is 13.0 Å². The molecule has 0 radical (unpaired) electrons. The van der Waals surface area contributed by atoms with Gasteiger partial charge in [-0.25, -0.2) is 0 Å². The molecule has 2 aromatic carbocycles. The van der Waals surface area contributed by atoms with Crippen LogP contribution in [0.15, 0.2) is 54.7 Å². The summed E-state index contributed by atoms with van der Waals surface area (Å²) in [5, 5.41) is 12.1. The number of rotatable bonds is 4. The first-order chi connectivity index (χ1) is 15.0. The van der Waals surface area contributed by atoms with Gasteiger partial charge in [-0.1, -0.05) is 35.5 Å². The lowest BCUT2D eigenvalue weighted by Gasteiger charge is -2.40. The lowest BCUT2D eigenvalue weighted by Crippen LogP contribution is -2.51. The first-order valence-corrected chi connectivity index (χ1v) is 10.7. The maximum absolute atomic E-state index is 14.0. The largest absolute Gasteiger partial charge is 0.497 e. The van der Waals surface area contributed by atoms with Crippen LogP contribution in [0.4, 0.5) is 5.69 Å². The van der Waals surface area contributed by atoms with E-state index in [2.05, 4.69) is 34.7 Å². The first kappa shape index (κ1) is 19.8. The third-order valence-corrected chi connectivity index (χ3v) is 6.54. The van der Waals surface area contributed by atoms with Crippen LogP contribution >= 0.6 is 0 Å². The second kappa shape index (κ2) is 7.50. The number of anilines is 1. The molecule has 3 aromatic rings. The summed E-state index contributed by atoms with van der Waals surface area (Å²) in [5.74, 6) is 0.985. The molecule has 1 spiro atoms. The van der Waals surface area contributed by atoms with Gasteiger partial charge in [0.2, 0.25) is 5.91 Å². The van der Waals surface area contributed by atoms with Crippen molar-refractivity contribution in [2.45, 2.75) is 43.8 Å². The average Bonchev–Trinajstić information content (AvgIpc) is 3.30. The number of benzene rings is 2. The molecular weight excluding hydrogens is 390 g/mol. The Labute approximate surface area is 182 Å². The minimum Gasteiger partial charge on any atom is -0.497 e. The predicted molar refractivity (Wildman–Crippen MR) is 118 cm³/mol. The minimum atomic E-state index is -0.560. The maximum Gasteiger partial charge on any atom is 0.238 e. The summed E-state index contributed by atoms with van der Waals surface area (Å²) in [6.07, 6.45) is 3.37. The number of amides is 1.